The number of ether oxygens (including phenoxy) is 2. The first-order valence-corrected chi connectivity index (χ1v) is 8.49. The fourth-order valence-electron chi connectivity index (χ4n) is 2.22. The van der Waals surface area contributed by atoms with Crippen molar-refractivity contribution in [1.82, 2.24) is 15.6 Å². The van der Waals surface area contributed by atoms with E-state index < -0.39 is 0 Å². The molecular weight excluding hydrogens is 348 g/mol. The molecule has 2 aromatic rings. The second-order valence-corrected chi connectivity index (χ2v) is 5.76. The molecule has 0 bridgehead atoms. The zero-order chi connectivity index (χ0) is 19.6. The number of anilines is 1. The van der Waals surface area contributed by atoms with Gasteiger partial charge in [-0.25, -0.2) is 0 Å². The maximum Gasteiger partial charge on any atom is 0.269 e. The van der Waals surface area contributed by atoms with E-state index in [0.717, 1.165) is 5.56 Å². The van der Waals surface area contributed by atoms with E-state index in [2.05, 4.69) is 20.9 Å². The van der Waals surface area contributed by atoms with E-state index in [1.807, 2.05) is 13.0 Å². The van der Waals surface area contributed by atoms with Gasteiger partial charge in [-0.15, -0.1) is 0 Å². The van der Waals surface area contributed by atoms with Crippen LogP contribution < -0.4 is 20.7 Å². The minimum atomic E-state index is -0.292. The van der Waals surface area contributed by atoms with Gasteiger partial charge in [-0.05, 0) is 24.6 Å². The van der Waals surface area contributed by atoms with Gasteiger partial charge in [0.25, 0.3) is 5.91 Å². The third-order valence-corrected chi connectivity index (χ3v) is 3.66. The van der Waals surface area contributed by atoms with Crippen LogP contribution in [-0.2, 0) is 9.53 Å². The first-order chi connectivity index (χ1) is 13.0. The van der Waals surface area contributed by atoms with Crippen LogP contribution in [0.15, 0.2) is 36.5 Å². The predicted octanol–water partition coefficient (Wildman–Crippen LogP) is 1.72. The van der Waals surface area contributed by atoms with Crippen LogP contribution in [-0.4, -0.2) is 50.7 Å². The number of methoxy groups -OCH3 is 1. The van der Waals surface area contributed by atoms with Crippen LogP contribution >= 0.6 is 0 Å². The Balaban J connectivity index is 2.05. The molecule has 0 atom stereocenters. The number of carbonyl (C=O) groups is 2. The molecule has 0 aliphatic heterocycles. The highest BCUT2D eigenvalue weighted by Crippen LogP contribution is 2.28. The van der Waals surface area contributed by atoms with Crippen molar-refractivity contribution in [3.8, 4) is 11.5 Å². The Kier molecular flexibility index (Phi) is 7.72. The number of nitrogens with one attached hydrogen (secondary N) is 3. The van der Waals surface area contributed by atoms with Crippen LogP contribution in [0.25, 0.3) is 0 Å². The third kappa shape index (κ3) is 6.36. The number of hydrogen-bond acceptors (Lipinski definition) is 6. The first kappa shape index (κ1) is 20.3. The Labute approximate surface area is 158 Å². The monoisotopic (exact) mass is 372 g/mol. The lowest BCUT2D eigenvalue weighted by Gasteiger charge is -2.12. The van der Waals surface area contributed by atoms with Crippen LogP contribution in [0, 0.1) is 6.92 Å². The van der Waals surface area contributed by atoms with Gasteiger partial charge in [0.15, 0.2) is 0 Å². The van der Waals surface area contributed by atoms with E-state index in [1.165, 1.54) is 13.2 Å². The molecule has 3 N–H and O–H groups in total. The van der Waals surface area contributed by atoms with Crippen molar-refractivity contribution in [2.24, 2.45) is 0 Å². The third-order valence-electron chi connectivity index (χ3n) is 3.66. The van der Waals surface area contributed by atoms with Gasteiger partial charge in [0.2, 0.25) is 5.91 Å². The second-order valence-electron chi connectivity index (χ2n) is 5.76. The Morgan fingerprint density at radius 3 is 2.74 bits per heavy atom. The summed E-state index contributed by atoms with van der Waals surface area (Å²) in [5.74, 6) is 0.608. The summed E-state index contributed by atoms with van der Waals surface area (Å²) in [6, 6.07) is 8.62. The maximum atomic E-state index is 12.0. The zero-order valence-corrected chi connectivity index (χ0v) is 15.7. The van der Waals surface area contributed by atoms with Crippen LogP contribution in [0.3, 0.4) is 0 Å². The van der Waals surface area contributed by atoms with Crippen LogP contribution in [0.4, 0.5) is 5.69 Å². The number of benzene rings is 1. The Hall–Kier alpha value is -2.97. The van der Waals surface area contributed by atoms with Crippen molar-refractivity contribution in [2.45, 2.75) is 6.92 Å². The average molecular weight is 372 g/mol. The largest absolute Gasteiger partial charge is 0.457 e. The molecule has 1 heterocycles. The highest BCUT2D eigenvalue weighted by Gasteiger charge is 2.09. The minimum absolute atomic E-state index is 0.160. The van der Waals surface area contributed by atoms with Gasteiger partial charge in [0.05, 0.1) is 13.2 Å². The fraction of sp³-hybridized carbons (Fsp3) is 0.316. The molecule has 8 heteroatoms. The highest BCUT2D eigenvalue weighted by atomic mass is 16.5. The lowest BCUT2D eigenvalue weighted by Crippen LogP contribution is -2.30. The van der Waals surface area contributed by atoms with E-state index in [0.29, 0.717) is 30.3 Å². The lowest BCUT2D eigenvalue weighted by atomic mass is 10.2. The topological polar surface area (TPSA) is 102 Å². The van der Waals surface area contributed by atoms with Gasteiger partial charge in [0.1, 0.15) is 17.2 Å². The van der Waals surface area contributed by atoms with Crippen molar-refractivity contribution in [3.05, 3.63) is 47.8 Å². The minimum Gasteiger partial charge on any atom is -0.457 e. The molecule has 0 radical (unpaired) electrons. The number of amides is 2. The van der Waals surface area contributed by atoms with Crippen LogP contribution in [0.5, 0.6) is 11.5 Å². The molecular formula is C19H24N4O4. The van der Waals surface area contributed by atoms with Crippen molar-refractivity contribution in [3.63, 3.8) is 0 Å². The quantitative estimate of drug-likeness (QED) is 0.580. The van der Waals surface area contributed by atoms with E-state index in [4.69, 9.17) is 9.47 Å². The summed E-state index contributed by atoms with van der Waals surface area (Å²) in [7, 11) is 3.15. The summed E-state index contributed by atoms with van der Waals surface area (Å²) in [5.41, 5.74) is 1.78. The molecule has 0 spiro atoms. The fourth-order valence-corrected chi connectivity index (χ4v) is 2.22. The molecule has 0 saturated heterocycles. The van der Waals surface area contributed by atoms with Gasteiger partial charge in [-0.3, -0.25) is 14.6 Å². The summed E-state index contributed by atoms with van der Waals surface area (Å²) in [6.45, 7) is 3.23. The number of aromatic nitrogens is 1. The summed E-state index contributed by atoms with van der Waals surface area (Å²) < 4.78 is 10.8. The highest BCUT2D eigenvalue weighted by molar-refractivity contribution is 5.93. The molecule has 0 unspecified atom stereocenters. The summed E-state index contributed by atoms with van der Waals surface area (Å²) in [6.07, 6.45) is 1.51. The van der Waals surface area contributed by atoms with Gasteiger partial charge in [-0.2, -0.15) is 0 Å². The number of pyridine rings is 1. The first-order valence-electron chi connectivity index (χ1n) is 8.49. The Bertz CT molecular complexity index is 795. The van der Waals surface area contributed by atoms with E-state index in [1.54, 1.807) is 31.4 Å². The zero-order valence-electron chi connectivity index (χ0n) is 15.7. The van der Waals surface area contributed by atoms with Gasteiger partial charge >= 0.3 is 0 Å². The van der Waals surface area contributed by atoms with Crippen molar-refractivity contribution in [2.75, 3.05) is 39.2 Å². The number of nitrogens with zero attached hydrogens (tertiary/aromatic N) is 1. The Morgan fingerprint density at radius 1 is 1.19 bits per heavy atom. The second kappa shape index (κ2) is 10.2. The SMILES string of the molecule is CNC(=O)c1cc(Oc2cc(NC(=O)CNCCOC)ccc2C)ccn1. The number of aryl methyl sites for hydroxylation is 1. The molecule has 0 saturated carbocycles. The summed E-state index contributed by atoms with van der Waals surface area (Å²) in [5, 5.41) is 8.31. The molecule has 1 aromatic carbocycles. The molecule has 0 aliphatic rings. The van der Waals surface area contributed by atoms with E-state index >= 15 is 0 Å². The predicted molar refractivity (Wildman–Crippen MR) is 102 cm³/mol. The number of hydrogen-bond donors (Lipinski definition) is 3. The van der Waals surface area contributed by atoms with Crippen molar-refractivity contribution < 1.29 is 19.1 Å². The molecule has 0 fully saturated rings. The molecule has 0 aliphatic carbocycles. The molecule has 27 heavy (non-hydrogen) atoms. The average Bonchev–Trinajstić information content (AvgIpc) is 2.67. The maximum absolute atomic E-state index is 12.0. The lowest BCUT2D eigenvalue weighted by molar-refractivity contribution is -0.115. The number of rotatable bonds is 9. The summed E-state index contributed by atoms with van der Waals surface area (Å²) in [4.78, 5) is 27.7. The smallest absolute Gasteiger partial charge is 0.269 e. The van der Waals surface area contributed by atoms with Crippen molar-refractivity contribution in [1.29, 1.82) is 0 Å². The van der Waals surface area contributed by atoms with E-state index in [-0.39, 0.29) is 24.1 Å². The number of carbonyl (C=O) groups excluding carboxylic acids is 2. The molecule has 8 nitrogen and oxygen atoms in total. The summed E-state index contributed by atoms with van der Waals surface area (Å²) >= 11 is 0. The van der Waals surface area contributed by atoms with E-state index in [9.17, 15) is 9.59 Å². The molecule has 1 aromatic heterocycles. The van der Waals surface area contributed by atoms with Gasteiger partial charge in [0, 0.05) is 44.7 Å². The standard InChI is InChI=1S/C19H24N4O4/c1-13-4-5-14(23-18(24)12-21-8-9-26-3)10-17(13)27-15-6-7-22-16(11-15)19(25)20-2/h4-7,10-11,21H,8-9,12H2,1-3H3,(H,20,25)(H,23,24). The van der Waals surface area contributed by atoms with Gasteiger partial charge < -0.3 is 25.4 Å². The van der Waals surface area contributed by atoms with Gasteiger partial charge in [-0.1, -0.05) is 6.07 Å². The normalized spacial score (nSPS) is 10.3. The van der Waals surface area contributed by atoms with Crippen molar-refractivity contribution >= 4 is 17.5 Å². The Morgan fingerprint density at radius 2 is 2.00 bits per heavy atom. The molecule has 2 rings (SSSR count). The molecule has 144 valence electrons. The molecule has 2 amide bonds. The van der Waals surface area contributed by atoms with Crippen LogP contribution in [0.1, 0.15) is 16.1 Å². The van der Waals surface area contributed by atoms with Crippen LogP contribution in [0.2, 0.25) is 0 Å².